The van der Waals surface area contributed by atoms with Crippen LogP contribution < -0.4 is 9.73 Å². The quantitative estimate of drug-likeness (QED) is 0.482. The van der Waals surface area contributed by atoms with Crippen LogP contribution in [0.25, 0.3) is 11.3 Å². The Morgan fingerprint density at radius 2 is 1.69 bits per heavy atom. The van der Waals surface area contributed by atoms with Crippen LogP contribution in [0, 0.1) is 0 Å². The summed E-state index contributed by atoms with van der Waals surface area (Å²) in [6.07, 6.45) is 1.52. The van der Waals surface area contributed by atoms with Crippen molar-refractivity contribution in [1.82, 2.24) is 9.82 Å². The van der Waals surface area contributed by atoms with Crippen LogP contribution in [0.2, 0.25) is 0 Å². The maximum Gasteiger partial charge on any atom is 0.276 e. The number of morpholine rings is 1. The van der Waals surface area contributed by atoms with Gasteiger partial charge in [-0.2, -0.15) is 13.5 Å². The zero-order valence-electron chi connectivity index (χ0n) is 15.6. The predicted molar refractivity (Wildman–Crippen MR) is 115 cm³/mol. The third kappa shape index (κ3) is 4.64. The van der Waals surface area contributed by atoms with E-state index in [9.17, 15) is 8.42 Å². The summed E-state index contributed by atoms with van der Waals surface area (Å²) in [4.78, 5) is 10.2. The summed E-state index contributed by atoms with van der Waals surface area (Å²) >= 11 is 1.48. The summed E-state index contributed by atoms with van der Waals surface area (Å²) in [6, 6.07) is 17.9. The average Bonchev–Trinajstić information content (AvgIpc) is 3.20. The van der Waals surface area contributed by atoms with Gasteiger partial charge in [0, 0.05) is 18.7 Å². The average molecular weight is 429 g/mol. The molecule has 1 N–H and O–H groups in total. The molecule has 1 aromatic heterocycles. The fraction of sp³-hybridized carbons (Fsp3) is 0.200. The van der Waals surface area contributed by atoms with Crippen molar-refractivity contribution in [1.29, 1.82) is 0 Å². The number of aromatic nitrogens is 1. The molecule has 4 rings (SSSR count). The van der Waals surface area contributed by atoms with Gasteiger partial charge in [-0.05, 0) is 12.1 Å². The van der Waals surface area contributed by atoms with E-state index in [2.05, 4.69) is 14.8 Å². The molecule has 0 spiro atoms. The molecule has 0 amide bonds. The molecule has 1 aliphatic rings. The number of nitrogens with one attached hydrogen (secondary N) is 1. The molecule has 1 fully saturated rings. The number of benzene rings is 2. The summed E-state index contributed by atoms with van der Waals surface area (Å²) < 4.78 is 30.2. The highest BCUT2D eigenvalue weighted by Gasteiger charge is 2.19. The molecule has 0 bridgehead atoms. The zero-order chi connectivity index (χ0) is 20.1. The summed E-state index contributed by atoms with van der Waals surface area (Å²) in [6.45, 7) is 2.89. The van der Waals surface area contributed by atoms with Gasteiger partial charge >= 0.3 is 0 Å². The number of nitrogens with zero attached hydrogens (tertiary/aromatic N) is 3. The van der Waals surface area contributed by atoms with Crippen molar-refractivity contribution in [3.8, 4) is 11.3 Å². The van der Waals surface area contributed by atoms with Gasteiger partial charge in [0.15, 0.2) is 5.13 Å². The fourth-order valence-corrected chi connectivity index (χ4v) is 4.73. The van der Waals surface area contributed by atoms with Gasteiger partial charge in [0.1, 0.15) is 0 Å². The number of hydrogen-bond donors (Lipinski definition) is 1. The van der Waals surface area contributed by atoms with Crippen molar-refractivity contribution in [2.75, 3.05) is 31.2 Å². The molecule has 1 saturated heterocycles. The van der Waals surface area contributed by atoms with E-state index in [0.717, 1.165) is 34.4 Å². The van der Waals surface area contributed by atoms with E-state index in [1.807, 2.05) is 30.3 Å². The molecule has 1 aliphatic heterocycles. The van der Waals surface area contributed by atoms with Crippen molar-refractivity contribution in [3.05, 3.63) is 65.5 Å². The van der Waals surface area contributed by atoms with Crippen molar-refractivity contribution in [3.63, 3.8) is 0 Å². The first-order chi connectivity index (χ1) is 14.1. The minimum Gasteiger partial charge on any atom is -0.378 e. The lowest BCUT2D eigenvalue weighted by molar-refractivity contribution is 0.122. The van der Waals surface area contributed by atoms with Crippen LogP contribution in [0.3, 0.4) is 0 Å². The second-order valence-electron chi connectivity index (χ2n) is 6.34. The van der Waals surface area contributed by atoms with Gasteiger partial charge in [-0.15, -0.1) is 0 Å². The first-order valence-corrected chi connectivity index (χ1v) is 11.4. The lowest BCUT2D eigenvalue weighted by Gasteiger charge is -2.26. The van der Waals surface area contributed by atoms with Crippen molar-refractivity contribution in [2.45, 2.75) is 4.90 Å². The van der Waals surface area contributed by atoms with E-state index in [4.69, 9.17) is 9.72 Å². The molecule has 7 nitrogen and oxygen atoms in total. The Morgan fingerprint density at radius 1 is 1.03 bits per heavy atom. The number of ether oxygens (including phenoxy) is 1. The Morgan fingerprint density at radius 3 is 2.38 bits per heavy atom. The minimum absolute atomic E-state index is 0.166. The second kappa shape index (κ2) is 8.73. The third-order valence-corrected chi connectivity index (χ3v) is 6.67. The molecule has 2 heterocycles. The van der Waals surface area contributed by atoms with Gasteiger partial charge in [-0.1, -0.05) is 59.9 Å². The summed E-state index contributed by atoms with van der Waals surface area (Å²) in [5.74, 6) is 0. The van der Waals surface area contributed by atoms with Crippen LogP contribution in [0.4, 0.5) is 5.13 Å². The van der Waals surface area contributed by atoms with Crippen LogP contribution in [0.5, 0.6) is 0 Å². The Hall–Kier alpha value is -2.75. The summed E-state index contributed by atoms with van der Waals surface area (Å²) in [7, 11) is -3.71. The Kier molecular flexibility index (Phi) is 5.89. The van der Waals surface area contributed by atoms with Gasteiger partial charge in [0.2, 0.25) is 0 Å². The van der Waals surface area contributed by atoms with Gasteiger partial charge in [0.05, 0.1) is 34.9 Å². The maximum absolute atomic E-state index is 12.4. The summed E-state index contributed by atoms with van der Waals surface area (Å²) in [5.41, 5.74) is 1.73. The first kappa shape index (κ1) is 19.6. The van der Waals surface area contributed by atoms with Gasteiger partial charge < -0.3 is 9.64 Å². The van der Waals surface area contributed by atoms with E-state index in [0.29, 0.717) is 13.2 Å². The monoisotopic (exact) mass is 428 g/mol. The normalized spacial score (nSPS) is 15.0. The lowest BCUT2D eigenvalue weighted by atomic mass is 10.1. The molecule has 0 saturated carbocycles. The Bertz CT molecular complexity index is 1080. The molecular weight excluding hydrogens is 408 g/mol. The van der Waals surface area contributed by atoms with Gasteiger partial charge in [-0.25, -0.2) is 9.82 Å². The Balaban J connectivity index is 1.61. The minimum atomic E-state index is -3.71. The van der Waals surface area contributed by atoms with Crippen molar-refractivity contribution < 1.29 is 13.2 Å². The van der Waals surface area contributed by atoms with E-state index in [1.54, 1.807) is 18.2 Å². The molecule has 0 unspecified atom stereocenters. The molecule has 150 valence electrons. The Labute approximate surface area is 173 Å². The van der Waals surface area contributed by atoms with Gasteiger partial charge in [0.25, 0.3) is 10.0 Å². The third-order valence-electron chi connectivity index (χ3n) is 4.38. The number of sulfonamides is 1. The molecule has 9 heteroatoms. The molecular formula is C20H20N4O3S2. The van der Waals surface area contributed by atoms with E-state index < -0.39 is 10.0 Å². The predicted octanol–water partition coefficient (Wildman–Crippen LogP) is 2.96. The fourth-order valence-electron chi connectivity index (χ4n) is 2.91. The molecule has 0 radical (unpaired) electrons. The number of hydrazone groups is 1. The van der Waals surface area contributed by atoms with Gasteiger partial charge in [-0.3, -0.25) is 0 Å². The highest BCUT2D eigenvalue weighted by atomic mass is 32.2. The SMILES string of the molecule is O=S(=O)(N/N=C\c1sc(N2CCOCC2)nc1-c1ccccc1)c1ccccc1. The van der Waals surface area contributed by atoms with Crippen LogP contribution in [-0.4, -0.2) is 45.9 Å². The van der Waals surface area contributed by atoms with E-state index >= 15 is 0 Å². The number of rotatable bonds is 6. The smallest absolute Gasteiger partial charge is 0.276 e. The standard InChI is InChI=1S/C20H20N4O3S2/c25-29(26,17-9-5-2-6-10-17)23-21-15-18-19(16-7-3-1-4-8-16)22-20(28-18)24-11-13-27-14-12-24/h1-10,15,23H,11-14H2/b21-15-. The number of hydrogen-bond acceptors (Lipinski definition) is 7. The molecule has 3 aromatic rings. The highest BCUT2D eigenvalue weighted by Crippen LogP contribution is 2.32. The molecule has 29 heavy (non-hydrogen) atoms. The van der Waals surface area contributed by atoms with Crippen LogP contribution >= 0.6 is 11.3 Å². The van der Waals surface area contributed by atoms with Crippen LogP contribution in [0.15, 0.2) is 70.7 Å². The lowest BCUT2D eigenvalue weighted by Crippen LogP contribution is -2.36. The van der Waals surface area contributed by atoms with E-state index in [1.165, 1.54) is 29.7 Å². The maximum atomic E-state index is 12.4. The number of thiazole rings is 1. The second-order valence-corrected chi connectivity index (χ2v) is 9.01. The first-order valence-electron chi connectivity index (χ1n) is 9.12. The van der Waals surface area contributed by atoms with Crippen molar-refractivity contribution in [2.24, 2.45) is 5.10 Å². The zero-order valence-corrected chi connectivity index (χ0v) is 17.2. The van der Waals surface area contributed by atoms with Crippen LogP contribution in [0.1, 0.15) is 4.88 Å². The molecule has 2 aromatic carbocycles. The molecule has 0 atom stereocenters. The topological polar surface area (TPSA) is 83.9 Å². The van der Waals surface area contributed by atoms with Crippen molar-refractivity contribution >= 4 is 32.7 Å². The largest absolute Gasteiger partial charge is 0.378 e. The van der Waals surface area contributed by atoms with Crippen LogP contribution in [-0.2, 0) is 14.8 Å². The number of anilines is 1. The highest BCUT2D eigenvalue weighted by molar-refractivity contribution is 7.89. The van der Waals surface area contributed by atoms with E-state index in [-0.39, 0.29) is 4.90 Å². The summed E-state index contributed by atoms with van der Waals surface area (Å²) in [5, 5.41) is 4.87. The molecule has 0 aliphatic carbocycles.